The van der Waals surface area contributed by atoms with Crippen LogP contribution in [0.3, 0.4) is 0 Å². The predicted molar refractivity (Wildman–Crippen MR) is 129 cm³/mol. The average molecular weight is 746 g/mol. The summed E-state index contributed by atoms with van der Waals surface area (Å²) in [5, 5.41) is 21.4. The van der Waals surface area contributed by atoms with Crippen molar-refractivity contribution in [3.8, 4) is 0 Å². The van der Waals surface area contributed by atoms with E-state index in [0.29, 0.717) is 0 Å². The number of nitrogens with zero attached hydrogens (tertiary/aromatic N) is 1. The van der Waals surface area contributed by atoms with E-state index in [1.54, 1.807) is 79.9 Å². The number of hydrogen-bond acceptors (Lipinski definition) is 5. The molecule has 0 bridgehead atoms. The number of imide groups is 1. The number of benzene rings is 2. The van der Waals surface area contributed by atoms with Gasteiger partial charge in [0.15, 0.2) is 0 Å². The Morgan fingerprint density at radius 2 is 1.27 bits per heavy atom. The fourth-order valence-corrected chi connectivity index (χ4v) is 7.21. The lowest BCUT2D eigenvalue weighted by molar-refractivity contribution is -0.116. The normalized spacial score (nSPS) is 12.7. The zero-order chi connectivity index (χ0) is 22.3. The molecule has 0 fully saturated rings. The van der Waals surface area contributed by atoms with E-state index in [0.717, 1.165) is 4.90 Å². The first-order chi connectivity index (χ1) is 14.1. The SMILES string of the molecule is O=C(CN1C(=O)c2ccccc2C1=O)Nc1c(I)c(C(=O)O)c(I)c(C(=O)O)c1I. The van der Waals surface area contributed by atoms with Gasteiger partial charge in [0, 0.05) is 3.57 Å². The van der Waals surface area contributed by atoms with Crippen molar-refractivity contribution in [3.63, 3.8) is 0 Å². The molecule has 0 atom stereocenters. The summed E-state index contributed by atoms with van der Waals surface area (Å²) in [6, 6.07) is 6.17. The molecule has 0 aromatic heterocycles. The molecule has 0 radical (unpaired) electrons. The lowest BCUT2D eigenvalue weighted by atomic mass is 10.1. The molecule has 1 heterocycles. The van der Waals surface area contributed by atoms with Crippen LogP contribution in [0.25, 0.3) is 0 Å². The van der Waals surface area contributed by atoms with Crippen molar-refractivity contribution in [1.82, 2.24) is 4.90 Å². The van der Waals surface area contributed by atoms with Crippen molar-refractivity contribution >= 4 is 103 Å². The smallest absolute Gasteiger partial charge is 0.337 e. The summed E-state index contributed by atoms with van der Waals surface area (Å²) in [6.45, 7) is -0.602. The molecule has 2 aromatic rings. The predicted octanol–water partition coefficient (Wildman–Crippen LogP) is 3.13. The molecule has 1 aliphatic heterocycles. The number of carbonyl (C=O) groups is 5. The van der Waals surface area contributed by atoms with E-state index in [1.807, 2.05) is 0 Å². The Bertz CT molecular complexity index is 1090. The number of aromatic carboxylic acids is 2. The van der Waals surface area contributed by atoms with Crippen LogP contribution < -0.4 is 5.32 Å². The summed E-state index contributed by atoms with van der Waals surface area (Å²) in [5.74, 6) is -4.70. The molecule has 154 valence electrons. The second-order valence-corrected chi connectivity index (χ2v) is 9.20. The Morgan fingerprint density at radius 3 is 1.67 bits per heavy atom. The topological polar surface area (TPSA) is 141 Å². The summed E-state index contributed by atoms with van der Waals surface area (Å²) >= 11 is 5.05. The van der Waals surface area contributed by atoms with E-state index < -0.39 is 36.2 Å². The minimum atomic E-state index is -1.35. The molecule has 3 N–H and O–H groups in total. The maximum Gasteiger partial charge on any atom is 0.337 e. The Labute approximate surface area is 209 Å². The van der Waals surface area contributed by atoms with Crippen LogP contribution in [-0.2, 0) is 4.79 Å². The van der Waals surface area contributed by atoms with E-state index in [1.165, 1.54) is 12.1 Å². The fourth-order valence-electron chi connectivity index (χ4n) is 2.85. The third kappa shape index (κ3) is 3.91. The van der Waals surface area contributed by atoms with Gasteiger partial charge in [0.1, 0.15) is 6.54 Å². The summed E-state index contributed by atoms with van der Waals surface area (Å²) in [7, 11) is 0. The van der Waals surface area contributed by atoms with Crippen molar-refractivity contribution in [2.24, 2.45) is 0 Å². The quantitative estimate of drug-likeness (QED) is 0.316. The third-order valence-electron chi connectivity index (χ3n) is 4.19. The van der Waals surface area contributed by atoms with E-state index in [2.05, 4.69) is 5.32 Å². The molecule has 12 heteroatoms. The minimum absolute atomic E-state index is 0.00646. The highest BCUT2D eigenvalue weighted by Crippen LogP contribution is 2.36. The van der Waals surface area contributed by atoms with Crippen LogP contribution in [0.1, 0.15) is 41.4 Å². The fraction of sp³-hybridized carbons (Fsp3) is 0.0556. The number of hydrogen-bond donors (Lipinski definition) is 3. The van der Waals surface area contributed by atoms with Gasteiger partial charge >= 0.3 is 11.9 Å². The Balaban J connectivity index is 1.95. The van der Waals surface area contributed by atoms with Gasteiger partial charge in [0.2, 0.25) is 5.91 Å². The molecule has 9 nitrogen and oxygen atoms in total. The van der Waals surface area contributed by atoms with Crippen molar-refractivity contribution in [2.45, 2.75) is 0 Å². The number of halogens is 3. The van der Waals surface area contributed by atoms with E-state index >= 15 is 0 Å². The number of nitrogens with one attached hydrogen (secondary N) is 1. The summed E-state index contributed by atoms with van der Waals surface area (Å²) in [4.78, 5) is 61.5. The van der Waals surface area contributed by atoms with Crippen LogP contribution in [0.2, 0.25) is 0 Å². The van der Waals surface area contributed by atoms with Crippen LogP contribution in [0.4, 0.5) is 5.69 Å². The van der Waals surface area contributed by atoms with Crippen LogP contribution in [0.15, 0.2) is 24.3 Å². The van der Waals surface area contributed by atoms with Gasteiger partial charge in [-0.15, -0.1) is 0 Å². The lowest BCUT2D eigenvalue weighted by Gasteiger charge is -2.18. The first kappa shape index (κ1) is 22.9. The van der Waals surface area contributed by atoms with E-state index in [4.69, 9.17) is 0 Å². The maximum absolute atomic E-state index is 12.6. The average Bonchev–Trinajstić information content (AvgIpc) is 2.90. The monoisotopic (exact) mass is 746 g/mol. The zero-order valence-corrected chi connectivity index (χ0v) is 21.0. The van der Waals surface area contributed by atoms with Crippen LogP contribution in [0, 0.1) is 10.7 Å². The van der Waals surface area contributed by atoms with Crippen molar-refractivity contribution < 1.29 is 34.2 Å². The number of amides is 3. The molecular weight excluding hydrogens is 737 g/mol. The van der Waals surface area contributed by atoms with Gasteiger partial charge in [-0.05, 0) is 79.9 Å². The Hall–Kier alpha value is -1.82. The molecule has 3 amide bonds. The molecular formula is C18H9I3N2O7. The van der Waals surface area contributed by atoms with Gasteiger partial charge in [-0.1, -0.05) is 12.1 Å². The first-order valence-corrected chi connectivity index (χ1v) is 11.2. The van der Waals surface area contributed by atoms with Crippen molar-refractivity contribution in [2.75, 3.05) is 11.9 Å². The van der Waals surface area contributed by atoms with Gasteiger partial charge in [-0.25, -0.2) is 9.59 Å². The molecule has 30 heavy (non-hydrogen) atoms. The zero-order valence-electron chi connectivity index (χ0n) is 14.5. The minimum Gasteiger partial charge on any atom is -0.478 e. The first-order valence-electron chi connectivity index (χ1n) is 7.98. The van der Waals surface area contributed by atoms with Gasteiger partial charge in [0.05, 0.1) is 35.1 Å². The molecule has 1 aliphatic rings. The number of carbonyl (C=O) groups excluding carboxylic acids is 3. The highest BCUT2D eigenvalue weighted by atomic mass is 127. The molecule has 0 saturated carbocycles. The van der Waals surface area contributed by atoms with Gasteiger partial charge < -0.3 is 15.5 Å². The Kier molecular flexibility index (Phi) is 6.66. The molecule has 0 spiro atoms. The number of carboxylic acid groups (broad SMARTS) is 2. The number of rotatable bonds is 5. The number of fused-ring (bicyclic) bond motifs is 1. The highest BCUT2D eigenvalue weighted by Gasteiger charge is 2.36. The molecule has 3 rings (SSSR count). The molecule has 0 unspecified atom stereocenters. The van der Waals surface area contributed by atoms with E-state index in [-0.39, 0.29) is 38.7 Å². The number of anilines is 1. The van der Waals surface area contributed by atoms with Crippen molar-refractivity contribution in [3.05, 3.63) is 57.2 Å². The molecule has 0 saturated heterocycles. The summed E-state index contributed by atoms with van der Waals surface area (Å²) < 4.78 is 0.295. The third-order valence-corrected chi connectivity index (χ3v) is 7.43. The van der Waals surface area contributed by atoms with Crippen molar-refractivity contribution in [1.29, 1.82) is 0 Å². The second-order valence-electron chi connectivity index (χ2n) is 5.97. The van der Waals surface area contributed by atoms with Crippen LogP contribution in [0.5, 0.6) is 0 Å². The number of carboxylic acids is 2. The Morgan fingerprint density at radius 1 is 0.833 bits per heavy atom. The molecule has 2 aromatic carbocycles. The van der Waals surface area contributed by atoms with E-state index in [9.17, 15) is 34.2 Å². The largest absolute Gasteiger partial charge is 0.478 e. The lowest BCUT2D eigenvalue weighted by Crippen LogP contribution is -2.37. The maximum atomic E-state index is 12.6. The molecule has 0 aliphatic carbocycles. The summed E-state index contributed by atoms with van der Waals surface area (Å²) in [6.07, 6.45) is 0. The van der Waals surface area contributed by atoms with Crippen LogP contribution in [-0.4, -0.2) is 51.3 Å². The second kappa shape index (κ2) is 8.74. The highest BCUT2D eigenvalue weighted by molar-refractivity contribution is 14.1. The van der Waals surface area contributed by atoms with Gasteiger partial charge in [-0.2, -0.15) is 0 Å². The summed E-state index contributed by atoms with van der Waals surface area (Å²) in [5.41, 5.74) is -0.145. The van der Waals surface area contributed by atoms with Crippen LogP contribution >= 0.6 is 67.8 Å². The standard InChI is InChI=1S/C18H9I3N2O7/c19-11-9(17(27)28)12(20)14(13(21)10(11)18(29)30)22-8(24)5-23-15(25)6-3-1-2-4-7(6)16(23)26/h1-4H,5H2,(H,22,24)(H,27,28)(H,29,30). The van der Waals surface area contributed by atoms with Gasteiger partial charge in [-0.3, -0.25) is 19.3 Å². The van der Waals surface area contributed by atoms with Gasteiger partial charge in [0.25, 0.3) is 11.8 Å².